The van der Waals surface area contributed by atoms with Crippen LogP contribution in [0.2, 0.25) is 0 Å². The van der Waals surface area contributed by atoms with Crippen molar-refractivity contribution >= 4 is 44.1 Å². The summed E-state index contributed by atoms with van der Waals surface area (Å²) in [6, 6.07) is 4.22. The Kier molecular flexibility index (Phi) is 5.01. The van der Waals surface area contributed by atoms with E-state index in [2.05, 4.69) is 21.2 Å². The third-order valence-corrected chi connectivity index (χ3v) is 5.13. The molecule has 1 aromatic carbocycles. The molecule has 1 N–H and O–H groups in total. The van der Waals surface area contributed by atoms with Gasteiger partial charge in [-0.15, -0.1) is 11.3 Å². The van der Waals surface area contributed by atoms with Gasteiger partial charge in [0.25, 0.3) is 5.91 Å². The molecule has 1 aromatic heterocycles. The number of rotatable bonds is 5. The Morgan fingerprint density at radius 3 is 2.79 bits per heavy atom. The first kappa shape index (κ1) is 17.1. The Morgan fingerprint density at radius 2 is 2.17 bits per heavy atom. The normalized spacial score (nSPS) is 13.6. The smallest absolute Gasteiger partial charge is 0.341 e. The molecule has 1 aliphatic rings. The van der Waals surface area contributed by atoms with Crippen LogP contribution in [0.5, 0.6) is 0 Å². The van der Waals surface area contributed by atoms with Crippen molar-refractivity contribution in [3.8, 4) is 0 Å². The van der Waals surface area contributed by atoms with Crippen molar-refractivity contribution in [2.75, 3.05) is 11.9 Å². The van der Waals surface area contributed by atoms with Gasteiger partial charge in [-0.25, -0.2) is 9.18 Å². The van der Waals surface area contributed by atoms with Crippen LogP contribution in [0.15, 0.2) is 28.1 Å². The van der Waals surface area contributed by atoms with Crippen LogP contribution in [0.1, 0.15) is 52.0 Å². The van der Waals surface area contributed by atoms with Crippen LogP contribution in [0.3, 0.4) is 0 Å². The lowest BCUT2D eigenvalue weighted by molar-refractivity contribution is 0.0527. The highest BCUT2D eigenvalue weighted by Crippen LogP contribution is 2.46. The van der Waals surface area contributed by atoms with Crippen LogP contribution < -0.4 is 5.32 Å². The molecule has 0 bridgehead atoms. The first-order chi connectivity index (χ1) is 11.5. The molecular formula is C17H15BrFNO3S. The van der Waals surface area contributed by atoms with E-state index in [0.29, 0.717) is 21.0 Å². The molecule has 0 unspecified atom stereocenters. The van der Waals surface area contributed by atoms with Crippen LogP contribution in [-0.2, 0) is 4.74 Å². The zero-order valence-corrected chi connectivity index (χ0v) is 15.3. The second kappa shape index (κ2) is 7.03. The van der Waals surface area contributed by atoms with E-state index in [1.165, 1.54) is 23.5 Å². The number of benzene rings is 1. The standard InChI is InChI=1S/C17H15BrFNO3S/c1-2-23-17(22)14-12(9-3-4-9)8-24-16(14)20-15(21)11-6-5-10(18)7-13(11)19/h5-9H,2-4H2,1H3,(H,20,21). The average Bonchev–Trinajstić information content (AvgIpc) is 3.28. The SMILES string of the molecule is CCOC(=O)c1c(C2CC2)csc1NC(=O)c1ccc(Br)cc1F. The number of carbonyl (C=O) groups excluding carboxylic acids is 2. The predicted molar refractivity (Wildman–Crippen MR) is 94.3 cm³/mol. The van der Waals surface area contributed by atoms with Gasteiger partial charge >= 0.3 is 5.97 Å². The van der Waals surface area contributed by atoms with Gasteiger partial charge in [0.15, 0.2) is 0 Å². The van der Waals surface area contributed by atoms with Crippen LogP contribution in [0.25, 0.3) is 0 Å². The fourth-order valence-corrected chi connectivity index (χ4v) is 3.77. The van der Waals surface area contributed by atoms with Crippen molar-refractivity contribution in [1.82, 2.24) is 0 Å². The zero-order chi connectivity index (χ0) is 17.3. The van der Waals surface area contributed by atoms with E-state index in [9.17, 15) is 14.0 Å². The third-order valence-electron chi connectivity index (χ3n) is 3.72. The van der Waals surface area contributed by atoms with Gasteiger partial charge in [-0.3, -0.25) is 4.79 Å². The van der Waals surface area contributed by atoms with Gasteiger partial charge < -0.3 is 10.1 Å². The van der Waals surface area contributed by atoms with Crippen LogP contribution in [-0.4, -0.2) is 18.5 Å². The highest BCUT2D eigenvalue weighted by molar-refractivity contribution is 9.10. The number of carbonyl (C=O) groups is 2. The van der Waals surface area contributed by atoms with Gasteiger partial charge in [0.2, 0.25) is 0 Å². The molecule has 0 aliphatic heterocycles. The maximum Gasteiger partial charge on any atom is 0.341 e. The number of anilines is 1. The molecule has 0 saturated heterocycles. The first-order valence-electron chi connectivity index (χ1n) is 7.56. The maximum atomic E-state index is 13.9. The Bertz CT molecular complexity index is 801. The van der Waals surface area contributed by atoms with Crippen LogP contribution in [0.4, 0.5) is 9.39 Å². The number of amides is 1. The number of nitrogens with one attached hydrogen (secondary N) is 1. The lowest BCUT2D eigenvalue weighted by atomic mass is 10.1. The molecule has 3 rings (SSSR count). The first-order valence-corrected chi connectivity index (χ1v) is 9.23. The largest absolute Gasteiger partial charge is 0.462 e. The molecular weight excluding hydrogens is 397 g/mol. The quantitative estimate of drug-likeness (QED) is 0.707. The molecule has 1 amide bonds. The summed E-state index contributed by atoms with van der Waals surface area (Å²) < 4.78 is 19.6. The highest BCUT2D eigenvalue weighted by Gasteiger charge is 2.32. The molecule has 126 valence electrons. The lowest BCUT2D eigenvalue weighted by Gasteiger charge is -2.09. The molecule has 1 heterocycles. The number of thiophene rings is 1. The van der Waals surface area contributed by atoms with E-state index in [4.69, 9.17) is 4.74 Å². The van der Waals surface area contributed by atoms with Crippen molar-refractivity contribution in [2.45, 2.75) is 25.7 Å². The molecule has 0 spiro atoms. The fraction of sp³-hybridized carbons (Fsp3) is 0.294. The van der Waals surface area contributed by atoms with Crippen molar-refractivity contribution in [3.05, 3.63) is 50.6 Å². The predicted octanol–water partition coefficient (Wildman–Crippen LogP) is 4.96. The van der Waals surface area contributed by atoms with E-state index < -0.39 is 17.7 Å². The Balaban J connectivity index is 1.89. The topological polar surface area (TPSA) is 55.4 Å². The molecule has 1 aliphatic carbocycles. The number of hydrogen-bond donors (Lipinski definition) is 1. The van der Waals surface area contributed by atoms with Gasteiger partial charge in [0.1, 0.15) is 10.8 Å². The van der Waals surface area contributed by atoms with Crippen molar-refractivity contribution in [2.24, 2.45) is 0 Å². The third kappa shape index (κ3) is 3.52. The van der Waals surface area contributed by atoms with E-state index in [-0.39, 0.29) is 12.2 Å². The number of halogens is 2. The van der Waals surface area contributed by atoms with Crippen molar-refractivity contribution in [1.29, 1.82) is 0 Å². The minimum Gasteiger partial charge on any atom is -0.462 e. The van der Waals surface area contributed by atoms with Gasteiger partial charge in [-0.2, -0.15) is 0 Å². The second-order valence-electron chi connectivity index (χ2n) is 5.47. The molecule has 4 nitrogen and oxygen atoms in total. The summed E-state index contributed by atoms with van der Waals surface area (Å²) in [4.78, 5) is 24.6. The molecule has 24 heavy (non-hydrogen) atoms. The Labute approximate surface area is 151 Å². The lowest BCUT2D eigenvalue weighted by Crippen LogP contribution is -2.16. The van der Waals surface area contributed by atoms with E-state index in [1.54, 1.807) is 13.0 Å². The summed E-state index contributed by atoms with van der Waals surface area (Å²) in [6.45, 7) is 1.99. The van der Waals surface area contributed by atoms with Gasteiger partial charge in [0.05, 0.1) is 17.7 Å². The summed E-state index contributed by atoms with van der Waals surface area (Å²) in [7, 11) is 0. The number of hydrogen-bond acceptors (Lipinski definition) is 4. The van der Waals surface area contributed by atoms with E-state index >= 15 is 0 Å². The van der Waals surface area contributed by atoms with E-state index in [0.717, 1.165) is 18.4 Å². The minimum atomic E-state index is -0.626. The molecule has 1 fully saturated rings. The summed E-state index contributed by atoms with van der Waals surface area (Å²) in [6.07, 6.45) is 2.05. The monoisotopic (exact) mass is 411 g/mol. The Hall–Kier alpha value is -1.73. The summed E-state index contributed by atoms with van der Waals surface area (Å²) in [5.74, 6) is -1.32. The summed E-state index contributed by atoms with van der Waals surface area (Å²) >= 11 is 4.42. The Morgan fingerprint density at radius 1 is 1.42 bits per heavy atom. The zero-order valence-electron chi connectivity index (χ0n) is 12.9. The van der Waals surface area contributed by atoms with Crippen LogP contribution >= 0.6 is 27.3 Å². The highest BCUT2D eigenvalue weighted by atomic mass is 79.9. The summed E-state index contributed by atoms with van der Waals surface area (Å²) in [5, 5.41) is 4.93. The molecule has 7 heteroatoms. The molecule has 2 aromatic rings. The number of ether oxygens (including phenoxy) is 1. The van der Waals surface area contributed by atoms with Gasteiger partial charge in [-0.1, -0.05) is 15.9 Å². The summed E-state index contributed by atoms with van der Waals surface area (Å²) in [5.41, 5.74) is 1.23. The molecule has 1 saturated carbocycles. The maximum absolute atomic E-state index is 13.9. The van der Waals surface area contributed by atoms with Gasteiger partial charge in [0, 0.05) is 4.47 Å². The second-order valence-corrected chi connectivity index (χ2v) is 7.26. The van der Waals surface area contributed by atoms with Crippen molar-refractivity contribution in [3.63, 3.8) is 0 Å². The molecule has 0 atom stereocenters. The molecule has 0 radical (unpaired) electrons. The van der Waals surface area contributed by atoms with Crippen molar-refractivity contribution < 1.29 is 18.7 Å². The number of esters is 1. The minimum absolute atomic E-state index is 0.0746. The van der Waals surface area contributed by atoms with E-state index in [1.807, 2.05) is 5.38 Å². The van der Waals surface area contributed by atoms with Gasteiger partial charge in [-0.05, 0) is 54.8 Å². The average molecular weight is 412 g/mol. The van der Waals surface area contributed by atoms with Crippen LogP contribution in [0, 0.1) is 5.82 Å². The fourth-order valence-electron chi connectivity index (χ4n) is 2.42.